The second kappa shape index (κ2) is 3.94. The molecule has 0 aliphatic rings. The molecule has 4 heteroatoms. The Hall–Kier alpha value is -0.803. The summed E-state index contributed by atoms with van der Waals surface area (Å²) in [6, 6.07) is 7.41. The quantitative estimate of drug-likeness (QED) is 0.568. The number of benzene rings is 1. The van der Waals surface area contributed by atoms with Gasteiger partial charge in [-0.2, -0.15) is 0 Å². The van der Waals surface area contributed by atoms with Crippen LogP contribution in [0.2, 0.25) is 18.1 Å². The second-order valence-corrected chi connectivity index (χ2v) is 7.50. The van der Waals surface area contributed by atoms with E-state index in [0.29, 0.717) is 11.5 Å². The fraction of sp³-hybridized carbons (Fsp3) is 0.222. The molecule has 0 bridgehead atoms. The first-order valence-electron chi connectivity index (χ1n) is 3.94. The van der Waals surface area contributed by atoms with Gasteiger partial charge in [-0.1, -0.05) is 23.7 Å². The van der Waals surface area contributed by atoms with E-state index in [4.69, 9.17) is 16.0 Å². The molecule has 0 saturated heterocycles. The van der Waals surface area contributed by atoms with Crippen LogP contribution >= 0.6 is 11.6 Å². The Morgan fingerprint density at radius 1 is 1.31 bits per heavy atom. The first kappa shape index (κ1) is 10.3. The van der Waals surface area contributed by atoms with Gasteiger partial charge >= 0.3 is 0 Å². The Kier molecular flexibility index (Phi) is 3.11. The number of rotatable bonds is 3. The maximum absolute atomic E-state index is 10.2. The lowest BCUT2D eigenvalue weighted by molar-refractivity contribution is -0.121. The summed E-state index contributed by atoms with van der Waals surface area (Å²) < 4.78 is 5.07. The van der Waals surface area contributed by atoms with Gasteiger partial charge in [-0.15, -0.1) is 0 Å². The van der Waals surface area contributed by atoms with Crippen LogP contribution in [0.15, 0.2) is 24.3 Å². The van der Waals surface area contributed by atoms with Crippen molar-refractivity contribution >= 4 is 31.6 Å². The van der Waals surface area contributed by atoms with E-state index < -0.39 is 8.32 Å². The van der Waals surface area contributed by atoms with Gasteiger partial charge in [0.25, 0.3) is 14.8 Å². The zero-order valence-electron chi connectivity index (χ0n) is 7.58. The average Bonchev–Trinajstić information content (AvgIpc) is 2.05. The monoisotopic (exact) mass is 214 g/mol. The van der Waals surface area contributed by atoms with E-state index in [-0.39, 0.29) is 0 Å². The summed E-state index contributed by atoms with van der Waals surface area (Å²) in [4.78, 5) is 10.2. The molecule has 0 aliphatic carbocycles. The van der Waals surface area contributed by atoms with Crippen molar-refractivity contribution < 1.29 is 9.22 Å². The molecule has 0 unspecified atom stereocenters. The molecule has 0 amide bonds. The highest BCUT2D eigenvalue weighted by Gasteiger charge is 2.26. The van der Waals surface area contributed by atoms with E-state index in [1.807, 2.05) is 25.2 Å². The predicted octanol–water partition coefficient (Wildman–Crippen LogP) is 1.93. The van der Waals surface area contributed by atoms with Gasteiger partial charge in [0.2, 0.25) is 0 Å². The first-order chi connectivity index (χ1) is 6.06. The van der Waals surface area contributed by atoms with Crippen LogP contribution in [-0.4, -0.2) is 14.8 Å². The molecular weight excluding hydrogens is 204 g/mol. The van der Waals surface area contributed by atoms with E-state index in [2.05, 4.69) is 0 Å². The smallest absolute Gasteiger partial charge is 0.280 e. The van der Waals surface area contributed by atoms with Crippen molar-refractivity contribution in [2.45, 2.75) is 13.1 Å². The normalized spacial score (nSPS) is 11.0. The van der Waals surface area contributed by atoms with Crippen LogP contribution < -0.4 is 5.19 Å². The number of hydrogen-bond donors (Lipinski definition) is 0. The Morgan fingerprint density at radius 3 is 2.31 bits per heavy atom. The van der Waals surface area contributed by atoms with Crippen LogP contribution in [-0.2, 0) is 9.22 Å². The third kappa shape index (κ3) is 2.57. The van der Waals surface area contributed by atoms with E-state index in [0.717, 1.165) is 5.19 Å². The van der Waals surface area contributed by atoms with E-state index >= 15 is 0 Å². The Bertz CT molecular complexity index is 295. The Balaban J connectivity index is 2.93. The zero-order chi connectivity index (χ0) is 9.90. The topological polar surface area (TPSA) is 26.3 Å². The molecule has 0 heterocycles. The lowest BCUT2D eigenvalue weighted by atomic mass is 10.4. The number of halogens is 1. The van der Waals surface area contributed by atoms with Gasteiger partial charge in [-0.05, 0) is 30.4 Å². The van der Waals surface area contributed by atoms with Crippen LogP contribution in [0.5, 0.6) is 0 Å². The third-order valence-corrected chi connectivity index (χ3v) is 4.54. The lowest BCUT2D eigenvalue weighted by Crippen LogP contribution is -2.44. The Labute approximate surface area is 83.6 Å². The fourth-order valence-corrected chi connectivity index (χ4v) is 2.51. The summed E-state index contributed by atoms with van der Waals surface area (Å²) in [6.45, 7) is 4.44. The van der Waals surface area contributed by atoms with Crippen molar-refractivity contribution in [2.24, 2.45) is 0 Å². The third-order valence-electron chi connectivity index (χ3n) is 1.88. The van der Waals surface area contributed by atoms with E-state index in [9.17, 15) is 4.79 Å². The Morgan fingerprint density at radius 2 is 1.85 bits per heavy atom. The molecule has 1 aromatic carbocycles. The minimum Gasteiger partial charge on any atom is -0.517 e. The molecule has 0 N–H and O–H groups in total. The molecule has 0 atom stereocenters. The van der Waals surface area contributed by atoms with Crippen LogP contribution in [0.25, 0.3) is 0 Å². The molecule has 0 radical (unpaired) electrons. The highest BCUT2D eigenvalue weighted by molar-refractivity contribution is 6.85. The zero-order valence-corrected chi connectivity index (χ0v) is 9.34. The molecule has 0 fully saturated rings. The lowest BCUT2D eigenvalue weighted by Gasteiger charge is -2.19. The summed E-state index contributed by atoms with van der Waals surface area (Å²) in [7, 11) is -2.03. The number of carbonyl (C=O) groups is 1. The van der Waals surface area contributed by atoms with Gasteiger partial charge in [0.05, 0.1) is 0 Å². The highest BCUT2D eigenvalue weighted by atomic mass is 35.5. The van der Waals surface area contributed by atoms with Gasteiger partial charge in [0, 0.05) is 5.02 Å². The van der Waals surface area contributed by atoms with Crippen molar-refractivity contribution in [1.29, 1.82) is 0 Å². The van der Waals surface area contributed by atoms with Crippen LogP contribution in [0.4, 0.5) is 0 Å². The van der Waals surface area contributed by atoms with Gasteiger partial charge in [-0.25, -0.2) is 0 Å². The molecule has 13 heavy (non-hydrogen) atoms. The summed E-state index contributed by atoms with van der Waals surface area (Å²) >= 11 is 5.74. The minimum absolute atomic E-state index is 0.515. The highest BCUT2D eigenvalue weighted by Crippen LogP contribution is 2.08. The van der Waals surface area contributed by atoms with E-state index in [1.165, 1.54) is 0 Å². The molecule has 70 valence electrons. The summed E-state index contributed by atoms with van der Waals surface area (Å²) in [5.74, 6) is 0. The molecular formula is C9H11ClO2Si. The molecule has 2 nitrogen and oxygen atoms in total. The predicted molar refractivity (Wildman–Crippen MR) is 55.7 cm³/mol. The second-order valence-electron chi connectivity index (χ2n) is 3.23. The molecule has 1 aromatic rings. The summed E-state index contributed by atoms with van der Waals surface area (Å²) in [5.41, 5.74) is 0. The van der Waals surface area contributed by atoms with Crippen LogP contribution in [0.3, 0.4) is 0 Å². The van der Waals surface area contributed by atoms with Crippen LogP contribution in [0, 0.1) is 0 Å². The molecule has 0 spiro atoms. The molecule has 0 aromatic heterocycles. The standard InChI is InChI=1S/C9H11ClO2Si/c1-13(2,12-7-11)9-5-3-8(10)4-6-9/h3-7H,1-2H3. The number of carbonyl (C=O) groups excluding carboxylic acids is 1. The summed E-state index contributed by atoms with van der Waals surface area (Å²) in [5, 5.41) is 1.75. The molecule has 0 saturated carbocycles. The number of hydrogen-bond acceptors (Lipinski definition) is 2. The average molecular weight is 215 g/mol. The molecule has 0 aliphatic heterocycles. The van der Waals surface area contributed by atoms with Crippen molar-refractivity contribution in [3.8, 4) is 0 Å². The summed E-state index contributed by atoms with van der Waals surface area (Å²) in [6.07, 6.45) is 0. The first-order valence-corrected chi connectivity index (χ1v) is 7.22. The minimum atomic E-state index is -2.03. The van der Waals surface area contributed by atoms with Crippen molar-refractivity contribution in [1.82, 2.24) is 0 Å². The maximum atomic E-state index is 10.2. The molecule has 1 rings (SSSR count). The van der Waals surface area contributed by atoms with Gasteiger partial charge in [0.15, 0.2) is 0 Å². The van der Waals surface area contributed by atoms with Crippen molar-refractivity contribution in [2.75, 3.05) is 0 Å². The van der Waals surface area contributed by atoms with Gasteiger partial charge in [0.1, 0.15) is 0 Å². The van der Waals surface area contributed by atoms with Gasteiger partial charge < -0.3 is 4.43 Å². The maximum Gasteiger partial charge on any atom is 0.280 e. The SMILES string of the molecule is C[Si](C)(OC=O)c1ccc(Cl)cc1. The van der Waals surface area contributed by atoms with Crippen LogP contribution in [0.1, 0.15) is 0 Å². The van der Waals surface area contributed by atoms with Gasteiger partial charge in [-0.3, -0.25) is 4.79 Å². The van der Waals surface area contributed by atoms with E-state index in [1.54, 1.807) is 12.1 Å². The van der Waals surface area contributed by atoms with Crippen molar-refractivity contribution in [3.05, 3.63) is 29.3 Å². The fourth-order valence-electron chi connectivity index (χ4n) is 1.04. The largest absolute Gasteiger partial charge is 0.517 e. The van der Waals surface area contributed by atoms with Crippen molar-refractivity contribution in [3.63, 3.8) is 0 Å².